The average Bonchev–Trinajstić information content (AvgIpc) is 3.36. The lowest BCUT2D eigenvalue weighted by Crippen LogP contribution is -2.36. The average molecular weight is 419 g/mol. The Kier molecular flexibility index (Phi) is 3.96. The molecule has 150 valence electrons. The zero-order valence-electron chi connectivity index (χ0n) is 17.0. The van der Waals surface area contributed by atoms with Crippen molar-refractivity contribution in [3.05, 3.63) is 53.8 Å². The third-order valence-electron chi connectivity index (χ3n) is 5.30. The number of hydrogen-bond donors (Lipinski definition) is 2. The number of fused-ring (bicyclic) bond motifs is 1. The van der Waals surface area contributed by atoms with Gasteiger partial charge in [0.2, 0.25) is 0 Å². The van der Waals surface area contributed by atoms with Gasteiger partial charge in [-0.05, 0) is 18.2 Å². The summed E-state index contributed by atoms with van der Waals surface area (Å²) in [4.78, 5) is 30.9. The summed E-state index contributed by atoms with van der Waals surface area (Å²) >= 11 is 1.38. The number of thiazole rings is 1. The van der Waals surface area contributed by atoms with Crippen LogP contribution in [0.3, 0.4) is 0 Å². The molecule has 3 aromatic heterocycles. The fourth-order valence-corrected chi connectivity index (χ4v) is 4.46. The minimum atomic E-state index is -1.56. The van der Waals surface area contributed by atoms with E-state index in [9.17, 15) is 9.90 Å². The van der Waals surface area contributed by atoms with Crippen LogP contribution in [0.15, 0.2) is 48.1 Å². The molecule has 1 aliphatic heterocycles. The molecule has 1 aromatic carbocycles. The van der Waals surface area contributed by atoms with Crippen LogP contribution < -0.4 is 5.73 Å². The molecule has 1 atom stereocenters. The van der Waals surface area contributed by atoms with Crippen molar-refractivity contribution in [2.75, 3.05) is 19.3 Å². The van der Waals surface area contributed by atoms with E-state index in [1.165, 1.54) is 16.2 Å². The largest absolute Gasteiger partial charge is 0.382 e. The molecule has 4 aromatic rings. The second-order valence-corrected chi connectivity index (χ2v) is 8.09. The number of nitrogen functional groups attached to an aromatic ring is 1. The minimum absolute atomic E-state index is 0.144. The zero-order valence-corrected chi connectivity index (χ0v) is 16.8. The van der Waals surface area contributed by atoms with Gasteiger partial charge in [0.05, 0.1) is 16.9 Å². The number of hydrogen-bond acceptors (Lipinski definition) is 8. The summed E-state index contributed by atoms with van der Waals surface area (Å²) in [5.74, 6) is -0.161. The van der Waals surface area contributed by atoms with E-state index in [2.05, 4.69) is 19.9 Å². The quantitative estimate of drug-likeness (QED) is 0.524. The van der Waals surface area contributed by atoms with Crippen molar-refractivity contribution in [2.24, 2.45) is 0 Å². The van der Waals surface area contributed by atoms with Gasteiger partial charge in [-0.3, -0.25) is 4.79 Å². The monoisotopic (exact) mass is 419 g/mol. The molecule has 4 heterocycles. The number of likely N-dealkylation sites (N-methyl/N-ethyl adjacent to an activating group) is 1. The number of nitrogens with zero attached hydrogens (tertiary/aromatic N) is 5. The van der Waals surface area contributed by atoms with Gasteiger partial charge in [0.1, 0.15) is 18.2 Å². The smallest absolute Gasteiger partial charge is 0.260 e. The molecule has 0 bridgehead atoms. The number of carbonyl (C=O) groups is 1. The minimum Gasteiger partial charge on any atom is -0.382 e. The van der Waals surface area contributed by atoms with E-state index in [4.69, 9.17) is 7.10 Å². The van der Waals surface area contributed by atoms with Gasteiger partial charge in [-0.1, -0.05) is 18.2 Å². The number of pyridine rings is 1. The summed E-state index contributed by atoms with van der Waals surface area (Å²) in [5, 5.41) is 13.3. The maximum atomic E-state index is 12.4. The maximum Gasteiger partial charge on any atom is 0.260 e. The molecule has 1 saturated heterocycles. The molecule has 0 unspecified atom stereocenters. The van der Waals surface area contributed by atoms with Crippen LogP contribution in [-0.2, 0) is 10.4 Å². The molecule has 0 aliphatic carbocycles. The highest BCUT2D eigenvalue weighted by molar-refractivity contribution is 7.13. The first-order chi connectivity index (χ1) is 14.8. The van der Waals surface area contributed by atoms with Gasteiger partial charge >= 0.3 is 0 Å². The van der Waals surface area contributed by atoms with Crippen molar-refractivity contribution in [3.63, 3.8) is 0 Å². The summed E-state index contributed by atoms with van der Waals surface area (Å²) in [5.41, 5.74) is 8.09. The Bertz CT molecular complexity index is 1340. The fraction of sp³-hybridized carbons (Fsp3) is 0.190. The number of rotatable bonds is 3. The predicted octanol–water partition coefficient (Wildman–Crippen LogP) is 2.45. The number of likely N-dealkylation sites (tertiary alicyclic amines) is 1. The molecule has 1 amide bonds. The highest BCUT2D eigenvalue weighted by Crippen LogP contribution is 2.36. The Labute approximate surface area is 177 Å². The number of aliphatic hydroxyl groups is 1. The third kappa shape index (κ3) is 2.90. The molecule has 0 spiro atoms. The van der Waals surface area contributed by atoms with Crippen molar-refractivity contribution in [3.8, 4) is 21.8 Å². The Balaban J connectivity index is 1.51. The third-order valence-corrected chi connectivity index (χ3v) is 6.19. The summed E-state index contributed by atoms with van der Waals surface area (Å²) in [7, 11) is 1.68. The molecule has 5 rings (SSSR count). The number of benzene rings is 1. The number of amides is 1. The Hall–Kier alpha value is -3.43. The predicted molar refractivity (Wildman–Crippen MR) is 114 cm³/mol. The first kappa shape index (κ1) is 17.4. The van der Waals surface area contributed by atoms with E-state index >= 15 is 0 Å². The second kappa shape index (κ2) is 6.82. The molecule has 1 aliphatic rings. The van der Waals surface area contributed by atoms with Crippen molar-refractivity contribution in [1.29, 1.82) is 0 Å². The normalized spacial score (nSPS) is 19.5. The van der Waals surface area contributed by atoms with Gasteiger partial charge in [-0.2, -0.15) is 0 Å². The van der Waals surface area contributed by atoms with Crippen molar-refractivity contribution in [2.45, 2.75) is 12.0 Å². The van der Waals surface area contributed by atoms with Crippen molar-refractivity contribution < 1.29 is 11.3 Å². The molecular weight excluding hydrogens is 400 g/mol. The van der Waals surface area contributed by atoms with Crippen LogP contribution in [0.5, 0.6) is 0 Å². The van der Waals surface area contributed by atoms with Crippen LogP contribution >= 0.6 is 11.3 Å². The highest BCUT2D eigenvalue weighted by atomic mass is 32.1. The standard InChI is InChI=1S/C21H18N6O2S/c1-27-8-7-21(29,20(27)28)16-10-30-19(26-16)13-4-2-3-12(9-13)14-5-6-15-17(25-14)18(22)24-11-23-15/h2-6,9-11,29H,7-8H2,1H3,(H2,22,23,24)/t21-/m1/s1/i11D. The van der Waals surface area contributed by atoms with E-state index < -0.39 is 5.60 Å². The lowest BCUT2D eigenvalue weighted by molar-refractivity contribution is -0.143. The van der Waals surface area contributed by atoms with Crippen LogP contribution in [0, 0.1) is 0 Å². The van der Waals surface area contributed by atoms with E-state index in [1.807, 2.05) is 30.3 Å². The number of nitrogens with two attached hydrogens (primary N) is 1. The SMILES string of the molecule is [2H]c1nc(N)c2nc(-c3cccc(-c4nc([C@]5(O)CCN(C)C5=O)cs4)c3)ccc2n1. The van der Waals surface area contributed by atoms with Crippen LogP contribution in [0.4, 0.5) is 5.82 Å². The second-order valence-electron chi connectivity index (χ2n) is 7.23. The van der Waals surface area contributed by atoms with E-state index in [1.54, 1.807) is 18.5 Å². The molecule has 1 fully saturated rings. The Morgan fingerprint density at radius 2 is 2.07 bits per heavy atom. The van der Waals surface area contributed by atoms with Crippen molar-refractivity contribution >= 4 is 34.1 Å². The molecule has 3 N–H and O–H groups in total. The van der Waals surface area contributed by atoms with Gasteiger partial charge in [0.25, 0.3) is 5.91 Å². The first-order valence-electron chi connectivity index (χ1n) is 9.81. The molecule has 0 radical (unpaired) electrons. The van der Waals surface area contributed by atoms with Gasteiger partial charge in [0, 0.05) is 36.5 Å². The summed E-state index contributed by atoms with van der Waals surface area (Å²) in [6.07, 6.45) is 0.186. The summed E-state index contributed by atoms with van der Waals surface area (Å²) < 4.78 is 7.58. The van der Waals surface area contributed by atoms with Gasteiger partial charge in [0.15, 0.2) is 11.4 Å². The van der Waals surface area contributed by atoms with E-state index in [0.29, 0.717) is 40.4 Å². The topological polar surface area (TPSA) is 118 Å². The number of aromatic nitrogens is 4. The molecule has 8 nitrogen and oxygen atoms in total. The zero-order chi connectivity index (χ0) is 21.8. The Morgan fingerprint density at radius 1 is 1.23 bits per heavy atom. The van der Waals surface area contributed by atoms with Gasteiger partial charge < -0.3 is 15.7 Å². The summed E-state index contributed by atoms with van der Waals surface area (Å²) in [6.45, 7) is 0.500. The lowest BCUT2D eigenvalue weighted by Gasteiger charge is -2.18. The van der Waals surface area contributed by atoms with Crippen molar-refractivity contribution in [1.82, 2.24) is 24.8 Å². The van der Waals surface area contributed by atoms with Gasteiger partial charge in [-0.15, -0.1) is 11.3 Å². The lowest BCUT2D eigenvalue weighted by atomic mass is 9.99. The van der Waals surface area contributed by atoms with E-state index in [0.717, 1.165) is 11.1 Å². The molecule has 9 heteroatoms. The number of anilines is 1. The van der Waals surface area contributed by atoms with E-state index in [-0.39, 0.29) is 18.0 Å². The van der Waals surface area contributed by atoms with Crippen LogP contribution in [-0.4, -0.2) is 49.4 Å². The Morgan fingerprint density at radius 3 is 2.87 bits per heavy atom. The molecule has 30 heavy (non-hydrogen) atoms. The molecule has 0 saturated carbocycles. The maximum absolute atomic E-state index is 12.4. The molecular formula is C21H18N6O2S. The first-order valence-corrected chi connectivity index (χ1v) is 10.2. The summed E-state index contributed by atoms with van der Waals surface area (Å²) in [6, 6.07) is 11.3. The van der Waals surface area contributed by atoms with Crippen LogP contribution in [0.2, 0.25) is 0 Å². The van der Waals surface area contributed by atoms with Gasteiger partial charge in [-0.25, -0.2) is 19.9 Å². The highest BCUT2D eigenvalue weighted by Gasteiger charge is 2.46. The number of carbonyl (C=O) groups excluding carboxylic acids is 1. The fourth-order valence-electron chi connectivity index (χ4n) is 3.58. The van der Waals surface area contributed by atoms with Crippen LogP contribution in [0.1, 0.15) is 13.5 Å². The van der Waals surface area contributed by atoms with Crippen LogP contribution in [0.25, 0.3) is 32.9 Å².